The van der Waals surface area contributed by atoms with E-state index in [-0.39, 0.29) is 11.1 Å². The van der Waals surface area contributed by atoms with Gasteiger partial charge in [-0.05, 0) is 12.1 Å². The van der Waals surface area contributed by atoms with Crippen molar-refractivity contribution in [3.63, 3.8) is 0 Å². The standard InChI is InChI=1S/C12H15FN2O2/c1-15(2)7-9(12(14)17)11(16)8-5-3-4-6-10(8)13/h3-7,12,17H,14H2,1-2H3/b9-7-/t12-/m0/s1. The third kappa shape index (κ3) is 3.37. The average molecular weight is 238 g/mol. The molecule has 17 heavy (non-hydrogen) atoms. The van der Waals surface area contributed by atoms with Crippen LogP contribution in [-0.2, 0) is 0 Å². The topological polar surface area (TPSA) is 66.6 Å². The Morgan fingerprint density at radius 3 is 2.53 bits per heavy atom. The SMILES string of the molecule is CN(C)/C=C(/C(=O)c1ccccc1F)[C@@H](N)O. The van der Waals surface area contributed by atoms with Gasteiger partial charge in [0.2, 0.25) is 0 Å². The van der Waals surface area contributed by atoms with Crippen LogP contribution < -0.4 is 5.73 Å². The molecule has 0 aliphatic heterocycles. The highest BCUT2D eigenvalue weighted by Crippen LogP contribution is 2.14. The van der Waals surface area contributed by atoms with Crippen LogP contribution in [0.5, 0.6) is 0 Å². The van der Waals surface area contributed by atoms with E-state index in [1.165, 1.54) is 24.4 Å². The van der Waals surface area contributed by atoms with Gasteiger partial charge in [0, 0.05) is 20.3 Å². The fourth-order valence-corrected chi connectivity index (χ4v) is 1.35. The van der Waals surface area contributed by atoms with Gasteiger partial charge in [0.1, 0.15) is 12.0 Å². The molecular weight excluding hydrogens is 223 g/mol. The molecule has 3 N–H and O–H groups in total. The smallest absolute Gasteiger partial charge is 0.197 e. The lowest BCUT2D eigenvalue weighted by atomic mass is 10.0. The lowest BCUT2D eigenvalue weighted by Gasteiger charge is -2.13. The van der Waals surface area contributed by atoms with Crippen LogP contribution in [0.3, 0.4) is 0 Å². The molecule has 1 aromatic rings. The van der Waals surface area contributed by atoms with Gasteiger partial charge in [-0.2, -0.15) is 0 Å². The number of ketones is 1. The Bertz CT molecular complexity index is 442. The van der Waals surface area contributed by atoms with Crippen molar-refractivity contribution in [3.8, 4) is 0 Å². The van der Waals surface area contributed by atoms with Crippen molar-refractivity contribution in [1.82, 2.24) is 4.90 Å². The second kappa shape index (κ2) is 5.56. The Kier molecular flexibility index (Phi) is 4.37. The number of carbonyl (C=O) groups excluding carboxylic acids is 1. The number of aliphatic hydroxyl groups excluding tert-OH is 1. The molecule has 0 saturated heterocycles. The van der Waals surface area contributed by atoms with Crippen molar-refractivity contribution >= 4 is 5.78 Å². The molecule has 0 saturated carbocycles. The highest BCUT2D eigenvalue weighted by molar-refractivity contribution is 6.09. The first-order chi connectivity index (χ1) is 7.93. The van der Waals surface area contributed by atoms with E-state index in [0.717, 1.165) is 0 Å². The van der Waals surface area contributed by atoms with Gasteiger partial charge in [-0.1, -0.05) is 12.1 Å². The highest BCUT2D eigenvalue weighted by atomic mass is 19.1. The highest BCUT2D eigenvalue weighted by Gasteiger charge is 2.20. The van der Waals surface area contributed by atoms with E-state index in [9.17, 15) is 14.3 Å². The van der Waals surface area contributed by atoms with Crippen molar-refractivity contribution in [2.45, 2.75) is 6.23 Å². The van der Waals surface area contributed by atoms with Crippen molar-refractivity contribution < 1.29 is 14.3 Å². The Morgan fingerprint density at radius 1 is 1.47 bits per heavy atom. The first-order valence-corrected chi connectivity index (χ1v) is 5.04. The van der Waals surface area contributed by atoms with E-state index >= 15 is 0 Å². The van der Waals surface area contributed by atoms with Crippen molar-refractivity contribution in [2.24, 2.45) is 5.73 Å². The predicted molar refractivity (Wildman–Crippen MR) is 62.7 cm³/mol. The second-order valence-electron chi connectivity index (χ2n) is 3.80. The summed E-state index contributed by atoms with van der Waals surface area (Å²) in [6.07, 6.45) is -0.0658. The van der Waals surface area contributed by atoms with E-state index in [0.29, 0.717) is 0 Å². The van der Waals surface area contributed by atoms with E-state index in [1.54, 1.807) is 25.1 Å². The first kappa shape index (κ1) is 13.3. The third-order valence-corrected chi connectivity index (χ3v) is 2.10. The molecule has 1 aromatic carbocycles. The summed E-state index contributed by atoms with van der Waals surface area (Å²) in [5.41, 5.74) is 5.13. The molecule has 1 atom stereocenters. The molecule has 92 valence electrons. The Hall–Kier alpha value is -1.72. The second-order valence-corrected chi connectivity index (χ2v) is 3.80. The van der Waals surface area contributed by atoms with Gasteiger partial charge in [-0.3, -0.25) is 4.79 Å². The number of aliphatic hydroxyl groups is 1. The minimum absolute atomic E-state index is 0.0555. The van der Waals surface area contributed by atoms with Gasteiger partial charge < -0.3 is 15.7 Å². The summed E-state index contributed by atoms with van der Waals surface area (Å²) in [7, 11) is 3.36. The van der Waals surface area contributed by atoms with E-state index in [1.807, 2.05) is 0 Å². The summed E-state index contributed by atoms with van der Waals surface area (Å²) in [4.78, 5) is 13.5. The molecule has 5 heteroatoms. The number of nitrogens with zero attached hydrogens (tertiary/aromatic N) is 1. The normalized spacial score (nSPS) is 13.4. The summed E-state index contributed by atoms with van der Waals surface area (Å²) >= 11 is 0. The molecule has 1 rings (SSSR count). The van der Waals surface area contributed by atoms with Crippen molar-refractivity contribution in [3.05, 3.63) is 47.4 Å². The summed E-state index contributed by atoms with van der Waals surface area (Å²) in [6.45, 7) is 0. The van der Waals surface area contributed by atoms with Crippen LogP contribution >= 0.6 is 0 Å². The minimum atomic E-state index is -1.44. The predicted octanol–water partition coefficient (Wildman–Crippen LogP) is 0.731. The molecule has 0 aliphatic rings. The molecule has 0 heterocycles. The Morgan fingerprint density at radius 2 is 2.06 bits per heavy atom. The molecule has 4 nitrogen and oxygen atoms in total. The third-order valence-electron chi connectivity index (χ3n) is 2.10. The van der Waals surface area contributed by atoms with E-state index in [2.05, 4.69) is 0 Å². The largest absolute Gasteiger partial charge is 0.383 e. The summed E-state index contributed by atoms with van der Waals surface area (Å²) in [5, 5.41) is 9.32. The first-order valence-electron chi connectivity index (χ1n) is 5.04. The molecule has 0 radical (unpaired) electrons. The Balaban J connectivity index is 3.14. The number of hydrogen-bond donors (Lipinski definition) is 2. The van der Waals surface area contributed by atoms with Crippen LogP contribution in [0.25, 0.3) is 0 Å². The zero-order valence-electron chi connectivity index (χ0n) is 9.72. The number of nitrogens with two attached hydrogens (primary N) is 1. The lowest BCUT2D eigenvalue weighted by Crippen LogP contribution is -2.28. The number of benzene rings is 1. The average Bonchev–Trinajstić information content (AvgIpc) is 2.25. The fourth-order valence-electron chi connectivity index (χ4n) is 1.35. The van der Waals surface area contributed by atoms with Crippen LogP contribution in [-0.4, -0.2) is 36.1 Å². The summed E-state index contributed by atoms with van der Waals surface area (Å²) in [5.74, 6) is -1.25. The number of carbonyl (C=O) groups is 1. The minimum Gasteiger partial charge on any atom is -0.383 e. The Labute approximate surface area is 99.2 Å². The van der Waals surface area contributed by atoms with Gasteiger partial charge in [0.15, 0.2) is 5.78 Å². The van der Waals surface area contributed by atoms with Crippen LogP contribution in [0, 0.1) is 5.82 Å². The number of hydrogen-bond acceptors (Lipinski definition) is 4. The number of Topliss-reactive ketones (excluding diaryl/α,β-unsaturated/α-hetero) is 1. The molecule has 0 spiro atoms. The summed E-state index contributed by atoms with van der Waals surface area (Å²) < 4.78 is 13.4. The molecule has 0 aliphatic carbocycles. The lowest BCUT2D eigenvalue weighted by molar-refractivity contribution is 0.0983. The van der Waals surface area contributed by atoms with E-state index < -0.39 is 17.8 Å². The van der Waals surface area contributed by atoms with Gasteiger partial charge >= 0.3 is 0 Å². The quantitative estimate of drug-likeness (QED) is 0.461. The molecule has 0 unspecified atom stereocenters. The molecular formula is C12H15FN2O2. The molecule has 0 fully saturated rings. The maximum Gasteiger partial charge on any atom is 0.197 e. The zero-order valence-corrected chi connectivity index (χ0v) is 9.72. The molecule has 0 amide bonds. The number of rotatable bonds is 4. The van der Waals surface area contributed by atoms with Gasteiger partial charge in [-0.25, -0.2) is 4.39 Å². The monoisotopic (exact) mass is 238 g/mol. The van der Waals surface area contributed by atoms with Crippen LogP contribution in [0.2, 0.25) is 0 Å². The zero-order chi connectivity index (χ0) is 13.0. The summed E-state index contributed by atoms with van der Waals surface area (Å²) in [6, 6.07) is 5.57. The van der Waals surface area contributed by atoms with Crippen LogP contribution in [0.1, 0.15) is 10.4 Å². The number of halogens is 1. The maximum absolute atomic E-state index is 13.4. The van der Waals surface area contributed by atoms with Crippen molar-refractivity contribution in [2.75, 3.05) is 14.1 Å². The van der Waals surface area contributed by atoms with Gasteiger partial charge in [0.25, 0.3) is 0 Å². The van der Waals surface area contributed by atoms with Crippen LogP contribution in [0.4, 0.5) is 4.39 Å². The van der Waals surface area contributed by atoms with E-state index in [4.69, 9.17) is 5.73 Å². The van der Waals surface area contributed by atoms with Crippen molar-refractivity contribution in [1.29, 1.82) is 0 Å². The van der Waals surface area contributed by atoms with Gasteiger partial charge in [-0.15, -0.1) is 0 Å². The molecule has 0 aromatic heterocycles. The molecule has 0 bridgehead atoms. The maximum atomic E-state index is 13.4. The fraction of sp³-hybridized carbons (Fsp3) is 0.250. The van der Waals surface area contributed by atoms with Gasteiger partial charge in [0.05, 0.1) is 11.1 Å². The van der Waals surface area contributed by atoms with Crippen LogP contribution in [0.15, 0.2) is 36.0 Å².